The summed E-state index contributed by atoms with van der Waals surface area (Å²) in [6, 6.07) is 11.4. The Hall–Kier alpha value is -2.63. The highest BCUT2D eigenvalue weighted by molar-refractivity contribution is 5.92. The van der Waals surface area contributed by atoms with Crippen molar-refractivity contribution in [2.75, 3.05) is 31.1 Å². The second-order valence-corrected chi connectivity index (χ2v) is 4.91. The number of rotatable bonds is 2. The standard InChI is InChI=1S/C15H16N4O2/c20-14-10-13(16-11-17-14)15(21)19-8-6-18(7-9-19)12-4-2-1-3-5-12/h1-5,10-11H,6-9H2,(H,16,17,20). The van der Waals surface area contributed by atoms with Gasteiger partial charge in [0.25, 0.3) is 11.5 Å². The zero-order valence-corrected chi connectivity index (χ0v) is 11.5. The molecule has 21 heavy (non-hydrogen) atoms. The van der Waals surface area contributed by atoms with Gasteiger partial charge in [0, 0.05) is 37.9 Å². The summed E-state index contributed by atoms with van der Waals surface area (Å²) in [5.74, 6) is -0.186. The molecule has 0 aliphatic carbocycles. The zero-order chi connectivity index (χ0) is 14.7. The number of aromatic amines is 1. The van der Waals surface area contributed by atoms with Crippen LogP contribution in [0.3, 0.4) is 0 Å². The van der Waals surface area contributed by atoms with Crippen molar-refractivity contribution in [1.82, 2.24) is 14.9 Å². The zero-order valence-electron chi connectivity index (χ0n) is 11.5. The lowest BCUT2D eigenvalue weighted by molar-refractivity contribution is 0.0740. The van der Waals surface area contributed by atoms with Crippen LogP contribution in [0.25, 0.3) is 0 Å². The molecule has 2 heterocycles. The van der Waals surface area contributed by atoms with Crippen LogP contribution in [-0.2, 0) is 0 Å². The molecule has 1 aromatic heterocycles. The number of para-hydroxylation sites is 1. The van der Waals surface area contributed by atoms with E-state index in [4.69, 9.17) is 0 Å². The number of carbonyl (C=O) groups excluding carboxylic acids is 1. The van der Waals surface area contributed by atoms with Crippen molar-refractivity contribution in [1.29, 1.82) is 0 Å². The van der Waals surface area contributed by atoms with Crippen molar-refractivity contribution in [3.05, 3.63) is 58.8 Å². The van der Waals surface area contributed by atoms with Crippen molar-refractivity contribution in [2.45, 2.75) is 0 Å². The summed E-state index contributed by atoms with van der Waals surface area (Å²) in [5, 5.41) is 0. The Balaban J connectivity index is 1.66. The van der Waals surface area contributed by atoms with E-state index in [9.17, 15) is 9.59 Å². The molecular weight excluding hydrogens is 268 g/mol. The number of hydrogen-bond acceptors (Lipinski definition) is 4. The fraction of sp³-hybridized carbons (Fsp3) is 0.267. The average Bonchev–Trinajstić information content (AvgIpc) is 2.55. The van der Waals surface area contributed by atoms with E-state index >= 15 is 0 Å². The summed E-state index contributed by atoms with van der Waals surface area (Å²) in [6.07, 6.45) is 1.26. The first-order chi connectivity index (χ1) is 10.2. The lowest BCUT2D eigenvalue weighted by Crippen LogP contribution is -2.49. The largest absolute Gasteiger partial charge is 0.368 e. The van der Waals surface area contributed by atoms with E-state index in [1.165, 1.54) is 18.1 Å². The molecule has 6 heteroatoms. The quantitative estimate of drug-likeness (QED) is 0.883. The number of hydrogen-bond donors (Lipinski definition) is 1. The first-order valence-corrected chi connectivity index (χ1v) is 6.88. The lowest BCUT2D eigenvalue weighted by Gasteiger charge is -2.35. The van der Waals surface area contributed by atoms with E-state index in [0.717, 1.165) is 13.1 Å². The molecule has 0 bridgehead atoms. The minimum Gasteiger partial charge on any atom is -0.368 e. The van der Waals surface area contributed by atoms with Crippen LogP contribution in [0.15, 0.2) is 47.5 Å². The van der Waals surface area contributed by atoms with Gasteiger partial charge in [0.2, 0.25) is 0 Å². The Morgan fingerprint density at radius 3 is 2.48 bits per heavy atom. The van der Waals surface area contributed by atoms with E-state index in [1.54, 1.807) is 4.90 Å². The highest BCUT2D eigenvalue weighted by Crippen LogP contribution is 2.16. The summed E-state index contributed by atoms with van der Waals surface area (Å²) in [7, 11) is 0. The number of piperazine rings is 1. The highest BCUT2D eigenvalue weighted by atomic mass is 16.2. The van der Waals surface area contributed by atoms with E-state index in [-0.39, 0.29) is 17.2 Å². The minimum atomic E-state index is -0.309. The Morgan fingerprint density at radius 2 is 1.81 bits per heavy atom. The molecule has 3 rings (SSSR count). The van der Waals surface area contributed by atoms with Gasteiger partial charge in [0.15, 0.2) is 0 Å². The van der Waals surface area contributed by atoms with Crippen molar-refractivity contribution in [2.24, 2.45) is 0 Å². The Bertz CT molecular complexity index is 675. The van der Waals surface area contributed by atoms with Crippen molar-refractivity contribution >= 4 is 11.6 Å². The van der Waals surface area contributed by atoms with Crippen LogP contribution in [0.2, 0.25) is 0 Å². The first-order valence-electron chi connectivity index (χ1n) is 6.88. The fourth-order valence-electron chi connectivity index (χ4n) is 2.45. The third-order valence-corrected chi connectivity index (χ3v) is 3.59. The maximum atomic E-state index is 12.3. The fourth-order valence-corrected chi connectivity index (χ4v) is 2.45. The van der Waals surface area contributed by atoms with Crippen LogP contribution in [0, 0.1) is 0 Å². The molecule has 0 atom stereocenters. The highest BCUT2D eigenvalue weighted by Gasteiger charge is 2.23. The molecule has 6 nitrogen and oxygen atoms in total. The molecule has 1 aromatic carbocycles. The number of nitrogens with zero attached hydrogens (tertiary/aromatic N) is 3. The van der Waals surface area contributed by atoms with Crippen molar-refractivity contribution < 1.29 is 4.79 Å². The number of aromatic nitrogens is 2. The number of nitrogens with one attached hydrogen (secondary N) is 1. The maximum Gasteiger partial charge on any atom is 0.272 e. The van der Waals surface area contributed by atoms with Crippen LogP contribution < -0.4 is 10.5 Å². The summed E-state index contributed by atoms with van der Waals surface area (Å²) >= 11 is 0. The molecule has 0 radical (unpaired) electrons. The molecular formula is C15H16N4O2. The summed E-state index contributed by atoms with van der Waals surface area (Å²) in [4.78, 5) is 33.9. The SMILES string of the molecule is O=C(c1cc(=O)[nH]cn1)N1CCN(c2ccccc2)CC1. The predicted octanol–water partition coefficient (Wildman–Crippen LogP) is 0.732. The molecule has 1 N–H and O–H groups in total. The maximum absolute atomic E-state index is 12.3. The first kappa shape index (κ1) is 13.4. The third-order valence-electron chi connectivity index (χ3n) is 3.59. The lowest BCUT2D eigenvalue weighted by atomic mass is 10.2. The summed E-state index contributed by atoms with van der Waals surface area (Å²) in [6.45, 7) is 2.81. The molecule has 0 unspecified atom stereocenters. The van der Waals surface area contributed by atoms with Crippen LogP contribution in [0.5, 0.6) is 0 Å². The number of amides is 1. The number of anilines is 1. The Kier molecular flexibility index (Phi) is 3.68. The smallest absolute Gasteiger partial charge is 0.272 e. The van der Waals surface area contributed by atoms with Gasteiger partial charge >= 0.3 is 0 Å². The topological polar surface area (TPSA) is 69.3 Å². The normalized spacial score (nSPS) is 15.0. The number of carbonyl (C=O) groups is 1. The average molecular weight is 284 g/mol. The van der Waals surface area contributed by atoms with Gasteiger partial charge in [0.05, 0.1) is 6.33 Å². The second kappa shape index (κ2) is 5.78. The summed E-state index contributed by atoms with van der Waals surface area (Å²) < 4.78 is 0. The monoisotopic (exact) mass is 284 g/mol. The number of H-pyrrole nitrogens is 1. The van der Waals surface area contributed by atoms with Crippen LogP contribution >= 0.6 is 0 Å². The van der Waals surface area contributed by atoms with Crippen molar-refractivity contribution in [3.63, 3.8) is 0 Å². The van der Waals surface area contributed by atoms with E-state index in [2.05, 4.69) is 27.0 Å². The summed E-state index contributed by atoms with van der Waals surface area (Å²) in [5.41, 5.74) is 1.06. The van der Waals surface area contributed by atoms with Gasteiger partial charge in [0.1, 0.15) is 5.69 Å². The van der Waals surface area contributed by atoms with Crippen molar-refractivity contribution in [3.8, 4) is 0 Å². The van der Waals surface area contributed by atoms with Gasteiger partial charge in [-0.05, 0) is 12.1 Å². The third kappa shape index (κ3) is 2.94. The molecule has 0 spiro atoms. The molecule has 1 aliphatic heterocycles. The van der Waals surface area contributed by atoms with E-state index in [0.29, 0.717) is 13.1 Å². The second-order valence-electron chi connectivity index (χ2n) is 4.91. The number of benzene rings is 1. The van der Waals surface area contributed by atoms with E-state index in [1.807, 2.05) is 18.2 Å². The Morgan fingerprint density at radius 1 is 1.10 bits per heavy atom. The minimum absolute atomic E-state index is 0.186. The van der Waals surface area contributed by atoms with Gasteiger partial charge < -0.3 is 14.8 Å². The van der Waals surface area contributed by atoms with Gasteiger partial charge in [-0.15, -0.1) is 0 Å². The van der Waals surface area contributed by atoms with Gasteiger partial charge in [-0.1, -0.05) is 18.2 Å². The van der Waals surface area contributed by atoms with E-state index < -0.39 is 0 Å². The molecule has 0 saturated carbocycles. The molecule has 1 aliphatic rings. The molecule has 1 fully saturated rings. The molecule has 108 valence electrons. The van der Waals surface area contributed by atoms with Gasteiger partial charge in [-0.3, -0.25) is 9.59 Å². The molecule has 1 saturated heterocycles. The van der Waals surface area contributed by atoms with Crippen LogP contribution in [0.4, 0.5) is 5.69 Å². The van der Waals surface area contributed by atoms with Gasteiger partial charge in [-0.25, -0.2) is 4.98 Å². The van der Waals surface area contributed by atoms with Crippen LogP contribution in [-0.4, -0.2) is 47.0 Å². The van der Waals surface area contributed by atoms with Gasteiger partial charge in [-0.2, -0.15) is 0 Å². The Labute approximate surface area is 122 Å². The van der Waals surface area contributed by atoms with Crippen LogP contribution in [0.1, 0.15) is 10.5 Å². The predicted molar refractivity (Wildman–Crippen MR) is 79.4 cm³/mol. The molecule has 1 amide bonds. The molecule has 2 aromatic rings.